The second kappa shape index (κ2) is 7.40. The van der Waals surface area contributed by atoms with E-state index in [1.807, 2.05) is 26.0 Å². The average molecular weight is 293 g/mol. The van der Waals surface area contributed by atoms with Crippen molar-refractivity contribution in [3.63, 3.8) is 0 Å². The minimum atomic E-state index is 0.593. The predicted molar refractivity (Wildman–Crippen MR) is 87.0 cm³/mol. The van der Waals surface area contributed by atoms with Crippen molar-refractivity contribution in [1.82, 2.24) is 19.9 Å². The van der Waals surface area contributed by atoms with Gasteiger partial charge in [-0.05, 0) is 45.3 Å². The first kappa shape index (κ1) is 15.8. The summed E-state index contributed by atoms with van der Waals surface area (Å²) in [4.78, 5) is 17.4. The fourth-order valence-corrected chi connectivity index (χ4v) is 2.49. The quantitative estimate of drug-likeness (QED) is 0.814. The van der Waals surface area contributed by atoms with Crippen LogP contribution in [0.5, 0.6) is 0 Å². The summed E-state index contributed by atoms with van der Waals surface area (Å²) in [5.41, 5.74) is 0. The van der Waals surface area contributed by atoms with Crippen LogP contribution in [0, 0.1) is 5.92 Å². The van der Waals surface area contributed by atoms with Crippen molar-refractivity contribution >= 4 is 17.8 Å². The summed E-state index contributed by atoms with van der Waals surface area (Å²) >= 11 is 0. The molecule has 1 aromatic rings. The number of nitrogens with one attached hydrogen (secondary N) is 2. The number of hydrogen-bond donors (Lipinski definition) is 2. The monoisotopic (exact) mass is 293 g/mol. The molecule has 7 heteroatoms. The minimum Gasteiger partial charge on any atom is -0.357 e. The Hall–Kier alpha value is -1.63. The number of likely N-dealkylation sites (tertiary alicyclic amines) is 1. The van der Waals surface area contributed by atoms with Gasteiger partial charge in [-0.1, -0.05) is 0 Å². The van der Waals surface area contributed by atoms with Crippen molar-refractivity contribution in [1.29, 1.82) is 0 Å². The molecule has 2 rings (SSSR count). The number of nitrogens with zero attached hydrogens (tertiary/aromatic N) is 5. The van der Waals surface area contributed by atoms with Gasteiger partial charge in [-0.25, -0.2) is 0 Å². The highest BCUT2D eigenvalue weighted by Gasteiger charge is 2.16. The topological polar surface area (TPSA) is 69.2 Å². The van der Waals surface area contributed by atoms with Crippen LogP contribution in [0.4, 0.5) is 17.8 Å². The smallest absolute Gasteiger partial charge is 0.231 e. The Morgan fingerprint density at radius 3 is 2.43 bits per heavy atom. The molecule has 0 aromatic carbocycles. The average Bonchev–Trinajstić information content (AvgIpc) is 2.49. The van der Waals surface area contributed by atoms with Gasteiger partial charge in [-0.15, -0.1) is 0 Å². The van der Waals surface area contributed by atoms with E-state index >= 15 is 0 Å². The third-order valence-corrected chi connectivity index (χ3v) is 3.92. The van der Waals surface area contributed by atoms with Crippen molar-refractivity contribution in [3.8, 4) is 0 Å². The van der Waals surface area contributed by atoms with Gasteiger partial charge < -0.3 is 20.4 Å². The van der Waals surface area contributed by atoms with Crippen LogP contribution in [0.25, 0.3) is 0 Å². The Morgan fingerprint density at radius 1 is 1.14 bits per heavy atom. The third-order valence-electron chi connectivity index (χ3n) is 3.92. The van der Waals surface area contributed by atoms with Crippen molar-refractivity contribution in [2.24, 2.45) is 5.92 Å². The summed E-state index contributed by atoms with van der Waals surface area (Å²) in [6.07, 6.45) is 3.76. The van der Waals surface area contributed by atoms with Gasteiger partial charge in [0.1, 0.15) is 0 Å². The minimum absolute atomic E-state index is 0.593. The normalized spacial score (nSPS) is 16.8. The standard InChI is InChI=1S/C14H27N7/c1-15-12-17-13(19-14(18-12)20(2)3)16-8-5-11-6-9-21(4)10-7-11/h11H,5-10H2,1-4H3,(H2,15,16,17,18,19). The highest BCUT2D eigenvalue weighted by atomic mass is 15.3. The third kappa shape index (κ3) is 4.70. The molecule has 1 aromatic heterocycles. The van der Waals surface area contributed by atoms with Crippen molar-refractivity contribution in [3.05, 3.63) is 0 Å². The van der Waals surface area contributed by atoms with Gasteiger partial charge >= 0.3 is 0 Å². The SMILES string of the molecule is CNc1nc(NCCC2CCN(C)CC2)nc(N(C)C)n1. The molecule has 0 bridgehead atoms. The highest BCUT2D eigenvalue weighted by Crippen LogP contribution is 2.19. The zero-order chi connectivity index (χ0) is 15.2. The molecule has 2 heterocycles. The van der Waals surface area contributed by atoms with Gasteiger partial charge in [0, 0.05) is 27.7 Å². The maximum Gasteiger partial charge on any atom is 0.231 e. The lowest BCUT2D eigenvalue weighted by molar-refractivity contribution is 0.215. The van der Waals surface area contributed by atoms with Gasteiger partial charge in [0.15, 0.2) is 0 Å². The van der Waals surface area contributed by atoms with Crippen LogP contribution >= 0.6 is 0 Å². The van der Waals surface area contributed by atoms with Crippen LogP contribution in [0.15, 0.2) is 0 Å². The van der Waals surface area contributed by atoms with Crippen LogP contribution < -0.4 is 15.5 Å². The molecule has 0 atom stereocenters. The van der Waals surface area contributed by atoms with Crippen LogP contribution in [0.3, 0.4) is 0 Å². The van der Waals surface area contributed by atoms with E-state index < -0.39 is 0 Å². The van der Waals surface area contributed by atoms with Crippen LogP contribution in [0.1, 0.15) is 19.3 Å². The first-order valence-corrected chi connectivity index (χ1v) is 7.62. The summed E-state index contributed by atoms with van der Waals surface area (Å²) in [6, 6.07) is 0. The fourth-order valence-electron chi connectivity index (χ4n) is 2.49. The zero-order valence-electron chi connectivity index (χ0n) is 13.6. The summed E-state index contributed by atoms with van der Waals surface area (Å²) in [5, 5.41) is 6.30. The molecule has 0 spiro atoms. The number of anilines is 3. The molecule has 118 valence electrons. The van der Waals surface area contributed by atoms with Gasteiger partial charge in [-0.3, -0.25) is 0 Å². The zero-order valence-corrected chi connectivity index (χ0v) is 13.6. The molecule has 0 unspecified atom stereocenters. The van der Waals surface area contributed by atoms with E-state index in [1.165, 1.54) is 32.4 Å². The summed E-state index contributed by atoms with van der Waals surface area (Å²) in [7, 11) is 7.87. The van der Waals surface area contributed by atoms with Crippen LogP contribution in [-0.2, 0) is 0 Å². The predicted octanol–water partition coefficient (Wildman–Crippen LogP) is 1.12. The molecular formula is C14H27N7. The molecule has 1 aliphatic rings. The number of hydrogen-bond acceptors (Lipinski definition) is 7. The van der Waals surface area contributed by atoms with Gasteiger partial charge in [0.25, 0.3) is 0 Å². The fraction of sp³-hybridized carbons (Fsp3) is 0.786. The maximum atomic E-state index is 4.42. The van der Waals surface area contributed by atoms with E-state index in [1.54, 1.807) is 0 Å². The molecule has 0 radical (unpaired) electrons. The van der Waals surface area contributed by atoms with Crippen molar-refractivity contribution < 1.29 is 0 Å². The second-order valence-electron chi connectivity index (χ2n) is 5.89. The Labute approximate surface area is 127 Å². The molecule has 2 N–H and O–H groups in total. The van der Waals surface area contributed by atoms with Gasteiger partial charge in [0.05, 0.1) is 0 Å². The number of aromatic nitrogens is 3. The summed E-state index contributed by atoms with van der Waals surface area (Å²) in [5.74, 6) is 2.71. The molecular weight excluding hydrogens is 266 g/mol. The van der Waals surface area contributed by atoms with E-state index in [9.17, 15) is 0 Å². The lowest BCUT2D eigenvalue weighted by Crippen LogP contribution is -2.31. The summed E-state index contributed by atoms with van der Waals surface area (Å²) < 4.78 is 0. The Balaban J connectivity index is 1.86. The molecule has 0 amide bonds. The lowest BCUT2D eigenvalue weighted by atomic mass is 9.94. The largest absolute Gasteiger partial charge is 0.357 e. The number of rotatable bonds is 6. The summed E-state index contributed by atoms with van der Waals surface area (Å²) in [6.45, 7) is 3.34. The first-order chi connectivity index (χ1) is 10.1. The van der Waals surface area contributed by atoms with Crippen molar-refractivity contribution in [2.45, 2.75) is 19.3 Å². The molecule has 1 fully saturated rings. The second-order valence-corrected chi connectivity index (χ2v) is 5.89. The van der Waals surface area contributed by atoms with Crippen LogP contribution in [0.2, 0.25) is 0 Å². The van der Waals surface area contributed by atoms with Crippen molar-refractivity contribution in [2.75, 3.05) is 63.4 Å². The molecule has 0 aliphatic carbocycles. The highest BCUT2D eigenvalue weighted by molar-refractivity contribution is 5.42. The van der Waals surface area contributed by atoms with E-state index in [4.69, 9.17) is 0 Å². The molecule has 0 saturated carbocycles. The lowest BCUT2D eigenvalue weighted by Gasteiger charge is -2.28. The van der Waals surface area contributed by atoms with E-state index in [-0.39, 0.29) is 0 Å². The molecule has 1 aliphatic heterocycles. The Bertz CT molecular complexity index is 441. The van der Waals surface area contributed by atoms with E-state index in [0.717, 1.165) is 12.5 Å². The molecule has 1 saturated heterocycles. The molecule has 7 nitrogen and oxygen atoms in total. The van der Waals surface area contributed by atoms with Crippen LogP contribution in [-0.4, -0.2) is 67.7 Å². The van der Waals surface area contributed by atoms with E-state index in [2.05, 4.69) is 37.5 Å². The van der Waals surface area contributed by atoms with E-state index in [0.29, 0.717) is 17.8 Å². The Morgan fingerprint density at radius 2 is 1.81 bits per heavy atom. The van der Waals surface area contributed by atoms with Gasteiger partial charge in [0.2, 0.25) is 17.8 Å². The van der Waals surface area contributed by atoms with Gasteiger partial charge in [-0.2, -0.15) is 15.0 Å². The maximum absolute atomic E-state index is 4.42. The Kier molecular flexibility index (Phi) is 5.55. The number of piperidine rings is 1. The molecule has 21 heavy (non-hydrogen) atoms. The first-order valence-electron chi connectivity index (χ1n) is 7.62.